The zero-order valence-corrected chi connectivity index (χ0v) is 18.2. The monoisotopic (exact) mass is 418 g/mol. The standard InChI is InChI=1S/C20H30N6O2S/c1-4-18-23-20(29-24-18)26-11-9-25(10-12-26)19(21-5-2)22-14-17(27)15-7-6-8-16(13-15)28-3/h6-8,13,17,27H,4-5,9-12,14H2,1-3H3,(H,21,22). The zero-order chi connectivity index (χ0) is 20.6. The fraction of sp³-hybridized carbons (Fsp3) is 0.550. The van der Waals surface area contributed by atoms with Gasteiger partial charge >= 0.3 is 0 Å². The molecule has 1 fully saturated rings. The Balaban J connectivity index is 1.60. The average molecular weight is 419 g/mol. The Morgan fingerprint density at radius 1 is 1.31 bits per heavy atom. The lowest BCUT2D eigenvalue weighted by Gasteiger charge is -2.36. The fourth-order valence-corrected chi connectivity index (χ4v) is 3.98. The number of ether oxygens (including phenoxy) is 1. The molecule has 0 spiro atoms. The summed E-state index contributed by atoms with van der Waals surface area (Å²) in [7, 11) is 1.62. The number of anilines is 1. The summed E-state index contributed by atoms with van der Waals surface area (Å²) in [4.78, 5) is 13.8. The van der Waals surface area contributed by atoms with Crippen LogP contribution in [0.3, 0.4) is 0 Å². The Morgan fingerprint density at radius 2 is 2.10 bits per heavy atom. The molecule has 1 aliphatic rings. The Labute approximate surface area is 176 Å². The smallest absolute Gasteiger partial charge is 0.205 e. The molecule has 1 atom stereocenters. The molecule has 0 saturated carbocycles. The van der Waals surface area contributed by atoms with Gasteiger partial charge in [0.2, 0.25) is 5.13 Å². The van der Waals surface area contributed by atoms with Crippen LogP contribution in [0.1, 0.15) is 31.3 Å². The van der Waals surface area contributed by atoms with Crippen LogP contribution >= 0.6 is 11.5 Å². The Morgan fingerprint density at radius 3 is 2.76 bits per heavy atom. The second-order valence-electron chi connectivity index (χ2n) is 6.81. The van der Waals surface area contributed by atoms with Crippen LogP contribution in [0, 0.1) is 0 Å². The number of methoxy groups -OCH3 is 1. The molecule has 1 aromatic heterocycles. The summed E-state index contributed by atoms with van der Waals surface area (Å²) in [6.45, 7) is 8.66. The number of nitrogens with zero attached hydrogens (tertiary/aromatic N) is 5. The normalized spacial score (nSPS) is 16.1. The number of piperazine rings is 1. The van der Waals surface area contributed by atoms with E-state index in [9.17, 15) is 5.11 Å². The molecule has 0 aliphatic carbocycles. The number of aryl methyl sites for hydroxylation is 1. The van der Waals surface area contributed by atoms with E-state index in [0.717, 1.165) is 67.4 Å². The van der Waals surface area contributed by atoms with Crippen LogP contribution in [0.25, 0.3) is 0 Å². The molecule has 0 bridgehead atoms. The number of hydrogen-bond donors (Lipinski definition) is 2. The van der Waals surface area contributed by atoms with E-state index in [4.69, 9.17) is 4.74 Å². The highest BCUT2D eigenvalue weighted by Crippen LogP contribution is 2.21. The fourth-order valence-electron chi connectivity index (χ4n) is 3.18. The van der Waals surface area contributed by atoms with Crippen LogP contribution in [0.2, 0.25) is 0 Å². The van der Waals surface area contributed by atoms with Gasteiger partial charge in [0.05, 0.1) is 19.8 Å². The van der Waals surface area contributed by atoms with E-state index in [1.165, 1.54) is 11.5 Å². The topological polar surface area (TPSA) is 86.1 Å². The number of benzene rings is 1. The molecule has 1 aliphatic heterocycles. The third-order valence-corrected chi connectivity index (χ3v) is 5.67. The van der Waals surface area contributed by atoms with Gasteiger partial charge in [0.15, 0.2) is 5.96 Å². The van der Waals surface area contributed by atoms with E-state index in [1.807, 2.05) is 24.3 Å². The van der Waals surface area contributed by atoms with E-state index in [-0.39, 0.29) is 0 Å². The molecule has 2 heterocycles. The molecule has 1 unspecified atom stereocenters. The molecule has 8 nitrogen and oxygen atoms in total. The lowest BCUT2D eigenvalue weighted by Crippen LogP contribution is -2.52. The maximum Gasteiger partial charge on any atom is 0.205 e. The Hall–Kier alpha value is -2.39. The van der Waals surface area contributed by atoms with E-state index in [1.54, 1.807) is 7.11 Å². The first kappa shape index (κ1) is 21.3. The summed E-state index contributed by atoms with van der Waals surface area (Å²) in [6, 6.07) is 7.48. The molecule has 1 aromatic carbocycles. The Bertz CT molecular complexity index is 804. The third-order valence-electron chi connectivity index (χ3n) is 4.85. The van der Waals surface area contributed by atoms with Gasteiger partial charge in [0.25, 0.3) is 0 Å². The minimum Gasteiger partial charge on any atom is -0.497 e. The Kier molecular flexibility index (Phi) is 7.65. The predicted octanol–water partition coefficient (Wildman–Crippen LogP) is 1.93. The molecule has 1 saturated heterocycles. The quantitative estimate of drug-likeness (QED) is 0.525. The van der Waals surface area contributed by atoms with Crippen LogP contribution < -0.4 is 15.0 Å². The first-order valence-electron chi connectivity index (χ1n) is 10.1. The van der Waals surface area contributed by atoms with Crippen molar-refractivity contribution in [3.05, 3.63) is 35.7 Å². The molecular formula is C20H30N6O2S. The van der Waals surface area contributed by atoms with Crippen molar-refractivity contribution in [3.63, 3.8) is 0 Å². The van der Waals surface area contributed by atoms with Crippen LogP contribution in [0.4, 0.5) is 5.13 Å². The number of rotatable bonds is 7. The average Bonchev–Trinajstić information content (AvgIpc) is 3.26. The van der Waals surface area contributed by atoms with Crippen LogP contribution in [-0.2, 0) is 6.42 Å². The number of hydrogen-bond acceptors (Lipinski definition) is 7. The van der Waals surface area contributed by atoms with Crippen LogP contribution in [-0.4, -0.2) is 71.7 Å². The maximum absolute atomic E-state index is 10.5. The number of aromatic nitrogens is 2. The van der Waals surface area contributed by atoms with Crippen molar-refractivity contribution in [2.24, 2.45) is 4.99 Å². The first-order valence-corrected chi connectivity index (χ1v) is 10.8. The lowest BCUT2D eigenvalue weighted by molar-refractivity contribution is 0.186. The summed E-state index contributed by atoms with van der Waals surface area (Å²) in [6.07, 6.45) is 0.192. The van der Waals surface area contributed by atoms with Gasteiger partial charge in [0.1, 0.15) is 11.6 Å². The van der Waals surface area contributed by atoms with E-state index in [2.05, 4.69) is 43.3 Å². The number of aliphatic hydroxyl groups is 1. The highest BCUT2D eigenvalue weighted by Gasteiger charge is 2.22. The molecule has 158 valence electrons. The van der Waals surface area contributed by atoms with Gasteiger partial charge in [-0.25, -0.2) is 4.98 Å². The van der Waals surface area contributed by atoms with Gasteiger partial charge in [-0.2, -0.15) is 4.37 Å². The zero-order valence-electron chi connectivity index (χ0n) is 17.3. The summed E-state index contributed by atoms with van der Waals surface area (Å²) in [5, 5.41) is 14.9. The van der Waals surface area contributed by atoms with E-state index in [0.29, 0.717) is 6.54 Å². The summed E-state index contributed by atoms with van der Waals surface area (Å²) >= 11 is 1.47. The lowest BCUT2D eigenvalue weighted by atomic mass is 10.1. The van der Waals surface area contributed by atoms with Crippen molar-refractivity contribution in [1.29, 1.82) is 0 Å². The van der Waals surface area contributed by atoms with Gasteiger partial charge in [0, 0.05) is 50.7 Å². The first-order chi connectivity index (χ1) is 14.1. The van der Waals surface area contributed by atoms with Crippen molar-refractivity contribution < 1.29 is 9.84 Å². The number of nitrogens with one attached hydrogen (secondary N) is 1. The second kappa shape index (κ2) is 10.4. The number of guanidine groups is 1. The minimum atomic E-state index is -0.672. The molecule has 2 aromatic rings. The van der Waals surface area contributed by atoms with Crippen molar-refractivity contribution in [3.8, 4) is 5.75 Å². The third kappa shape index (κ3) is 5.57. The minimum absolute atomic E-state index is 0.298. The van der Waals surface area contributed by atoms with Crippen LogP contribution in [0.15, 0.2) is 29.3 Å². The van der Waals surface area contributed by atoms with Crippen molar-refractivity contribution in [2.75, 3.05) is 51.3 Å². The summed E-state index contributed by atoms with van der Waals surface area (Å²) < 4.78 is 9.62. The van der Waals surface area contributed by atoms with E-state index >= 15 is 0 Å². The van der Waals surface area contributed by atoms with Gasteiger partial charge in [-0.3, -0.25) is 4.99 Å². The van der Waals surface area contributed by atoms with Crippen molar-refractivity contribution in [1.82, 2.24) is 19.6 Å². The highest BCUT2D eigenvalue weighted by molar-refractivity contribution is 7.09. The van der Waals surface area contributed by atoms with E-state index < -0.39 is 6.10 Å². The van der Waals surface area contributed by atoms with Crippen molar-refractivity contribution in [2.45, 2.75) is 26.4 Å². The number of aliphatic imine (C=N–C) groups is 1. The second-order valence-corrected chi connectivity index (χ2v) is 7.54. The molecule has 0 radical (unpaired) electrons. The van der Waals surface area contributed by atoms with Gasteiger partial charge in [-0.15, -0.1) is 0 Å². The van der Waals surface area contributed by atoms with Crippen LogP contribution in [0.5, 0.6) is 5.75 Å². The van der Waals surface area contributed by atoms with Crippen molar-refractivity contribution >= 4 is 22.6 Å². The predicted molar refractivity (Wildman–Crippen MR) is 117 cm³/mol. The number of aliphatic hydroxyl groups excluding tert-OH is 1. The largest absolute Gasteiger partial charge is 0.497 e. The van der Waals surface area contributed by atoms with Gasteiger partial charge in [-0.1, -0.05) is 19.1 Å². The molecule has 9 heteroatoms. The molecule has 0 amide bonds. The molecular weight excluding hydrogens is 388 g/mol. The van der Waals surface area contributed by atoms with Gasteiger partial charge in [-0.05, 0) is 24.6 Å². The summed E-state index contributed by atoms with van der Waals surface area (Å²) in [5.74, 6) is 2.48. The maximum atomic E-state index is 10.5. The SMILES string of the molecule is CCNC(=NCC(O)c1cccc(OC)c1)N1CCN(c2nc(CC)ns2)CC1. The summed E-state index contributed by atoms with van der Waals surface area (Å²) in [5.41, 5.74) is 0.803. The molecule has 29 heavy (non-hydrogen) atoms. The molecule has 2 N–H and O–H groups in total. The highest BCUT2D eigenvalue weighted by atomic mass is 32.1. The van der Waals surface area contributed by atoms with Gasteiger partial charge < -0.3 is 25.0 Å². The molecule has 3 rings (SSSR count).